The van der Waals surface area contributed by atoms with Crippen LogP contribution in [-0.4, -0.2) is 26.6 Å². The lowest BCUT2D eigenvalue weighted by Crippen LogP contribution is -2.25. The summed E-state index contributed by atoms with van der Waals surface area (Å²) in [4.78, 5) is 25.0. The summed E-state index contributed by atoms with van der Waals surface area (Å²) in [6.45, 7) is 1.85. The minimum atomic E-state index is -0.481. The van der Waals surface area contributed by atoms with Crippen molar-refractivity contribution < 1.29 is 0 Å². The molecule has 3 heterocycles. The van der Waals surface area contributed by atoms with E-state index in [4.69, 9.17) is 11.6 Å². The van der Waals surface area contributed by atoms with Crippen molar-refractivity contribution in [2.75, 3.05) is 12.4 Å². The molecule has 0 spiro atoms. The van der Waals surface area contributed by atoms with Gasteiger partial charge >= 0.3 is 5.69 Å². The van der Waals surface area contributed by atoms with Crippen LogP contribution in [0.2, 0.25) is 5.02 Å². The van der Waals surface area contributed by atoms with Gasteiger partial charge in [-0.25, -0.2) is 19.3 Å². The first kappa shape index (κ1) is 13.5. The molecule has 3 aromatic heterocycles. The Kier molecular flexibility index (Phi) is 3.31. The van der Waals surface area contributed by atoms with Gasteiger partial charge in [0, 0.05) is 18.9 Å². The fraction of sp³-hybridized carbons (Fsp3) is 0.143. The second kappa shape index (κ2) is 5.14. The summed E-state index contributed by atoms with van der Waals surface area (Å²) in [5.74, 6) is 0.799. The van der Waals surface area contributed by atoms with Crippen molar-refractivity contribution in [1.29, 1.82) is 0 Å². The molecule has 6 nitrogen and oxygen atoms in total. The van der Waals surface area contributed by atoms with E-state index >= 15 is 0 Å². The molecule has 0 amide bonds. The molecule has 3 aromatic rings. The zero-order chi connectivity index (χ0) is 15.0. The highest BCUT2D eigenvalue weighted by Gasteiger charge is 2.15. The predicted octanol–water partition coefficient (Wildman–Crippen LogP) is 2.18. The molecule has 0 saturated carbocycles. The first-order chi connectivity index (χ1) is 10.1. The molecule has 0 aliphatic heterocycles. The van der Waals surface area contributed by atoms with Crippen LogP contribution < -0.4 is 11.0 Å². The molecule has 0 aliphatic rings. The van der Waals surface area contributed by atoms with Crippen molar-refractivity contribution in [1.82, 2.24) is 19.5 Å². The lowest BCUT2D eigenvalue weighted by molar-refractivity contribution is 0.905. The third-order valence-corrected chi connectivity index (χ3v) is 3.36. The minimum absolute atomic E-state index is 0.322. The molecule has 1 N–H and O–H groups in total. The van der Waals surface area contributed by atoms with Crippen LogP contribution in [0, 0.1) is 6.92 Å². The molecule has 7 heteroatoms. The number of nitrogens with one attached hydrogen (secondary N) is 1. The van der Waals surface area contributed by atoms with Gasteiger partial charge in [0.1, 0.15) is 5.82 Å². The van der Waals surface area contributed by atoms with Crippen LogP contribution in [0.1, 0.15) is 5.69 Å². The smallest absolute Gasteiger partial charge is 0.357 e. The monoisotopic (exact) mass is 301 g/mol. The van der Waals surface area contributed by atoms with Gasteiger partial charge in [0.15, 0.2) is 11.5 Å². The third kappa shape index (κ3) is 2.23. The van der Waals surface area contributed by atoms with E-state index in [0.717, 1.165) is 11.1 Å². The molecular weight excluding hydrogens is 290 g/mol. The van der Waals surface area contributed by atoms with Crippen LogP contribution in [-0.2, 0) is 0 Å². The zero-order valence-electron chi connectivity index (χ0n) is 11.5. The summed E-state index contributed by atoms with van der Waals surface area (Å²) in [6.07, 6.45) is 1.57. The zero-order valence-corrected chi connectivity index (χ0v) is 12.2. The Morgan fingerprint density at radius 1 is 1.24 bits per heavy atom. The van der Waals surface area contributed by atoms with Crippen molar-refractivity contribution in [3.63, 3.8) is 0 Å². The van der Waals surface area contributed by atoms with E-state index in [1.807, 2.05) is 19.1 Å². The fourth-order valence-corrected chi connectivity index (χ4v) is 2.32. The van der Waals surface area contributed by atoms with Gasteiger partial charge in [0.2, 0.25) is 0 Å². The largest absolute Gasteiger partial charge is 0.372 e. The van der Waals surface area contributed by atoms with Gasteiger partial charge in [-0.3, -0.25) is 0 Å². The Balaban J connectivity index is 2.48. The van der Waals surface area contributed by atoms with Crippen molar-refractivity contribution in [2.24, 2.45) is 0 Å². The van der Waals surface area contributed by atoms with Gasteiger partial charge in [-0.05, 0) is 31.2 Å². The maximum atomic E-state index is 12.4. The summed E-state index contributed by atoms with van der Waals surface area (Å²) >= 11 is 6.15. The first-order valence-electron chi connectivity index (χ1n) is 6.31. The molecule has 0 saturated heterocycles. The predicted molar refractivity (Wildman–Crippen MR) is 82.2 cm³/mol. The molecule has 0 aliphatic carbocycles. The van der Waals surface area contributed by atoms with Gasteiger partial charge in [-0.2, -0.15) is 4.98 Å². The van der Waals surface area contributed by atoms with Crippen LogP contribution in [0.5, 0.6) is 0 Å². The van der Waals surface area contributed by atoms with Crippen LogP contribution in [0.25, 0.3) is 16.9 Å². The summed E-state index contributed by atoms with van der Waals surface area (Å²) < 4.78 is 1.32. The van der Waals surface area contributed by atoms with E-state index in [9.17, 15) is 4.79 Å². The van der Waals surface area contributed by atoms with Crippen molar-refractivity contribution in [2.45, 2.75) is 6.92 Å². The fourth-order valence-electron chi connectivity index (χ4n) is 2.12. The highest BCUT2D eigenvalue weighted by molar-refractivity contribution is 6.32. The molecular formula is C14H12ClN5O. The average Bonchev–Trinajstić information content (AvgIpc) is 2.47. The second-order valence-corrected chi connectivity index (χ2v) is 4.87. The number of nitrogens with zero attached hydrogens (tertiary/aromatic N) is 4. The molecule has 106 valence electrons. The lowest BCUT2D eigenvalue weighted by atomic mass is 10.2. The van der Waals surface area contributed by atoms with Crippen LogP contribution >= 0.6 is 11.6 Å². The van der Waals surface area contributed by atoms with Crippen LogP contribution in [0.3, 0.4) is 0 Å². The lowest BCUT2D eigenvalue weighted by Gasteiger charge is -2.12. The summed E-state index contributed by atoms with van der Waals surface area (Å²) in [5.41, 5.74) is 0.779. The van der Waals surface area contributed by atoms with E-state index in [1.54, 1.807) is 25.4 Å². The topological polar surface area (TPSA) is 72.7 Å². The number of hydrogen-bond donors (Lipinski definition) is 1. The number of hydrogen-bond acceptors (Lipinski definition) is 5. The van der Waals surface area contributed by atoms with Gasteiger partial charge < -0.3 is 5.32 Å². The van der Waals surface area contributed by atoms with E-state index in [2.05, 4.69) is 20.3 Å². The number of fused-ring (bicyclic) bond motifs is 1. The van der Waals surface area contributed by atoms with E-state index in [-0.39, 0.29) is 0 Å². The van der Waals surface area contributed by atoms with Crippen molar-refractivity contribution in [3.05, 3.63) is 51.7 Å². The molecule has 0 unspecified atom stereocenters. The first-order valence-corrected chi connectivity index (χ1v) is 6.68. The standard InChI is InChI=1S/C14H12ClN5O/c1-8-5-6-9-11(16-2)19-14(21)20(12(9)18-8)13-10(15)4-3-7-17-13/h3-7H,1-2H3,(H,16,19,21). The molecule has 0 fully saturated rings. The minimum Gasteiger partial charge on any atom is -0.372 e. The Morgan fingerprint density at radius 2 is 2.05 bits per heavy atom. The van der Waals surface area contributed by atoms with Crippen LogP contribution in [0.4, 0.5) is 5.82 Å². The van der Waals surface area contributed by atoms with Crippen molar-refractivity contribution in [3.8, 4) is 5.82 Å². The van der Waals surface area contributed by atoms with Gasteiger partial charge in [-0.1, -0.05) is 11.6 Å². The molecule has 0 radical (unpaired) electrons. The maximum Gasteiger partial charge on any atom is 0.357 e. The quantitative estimate of drug-likeness (QED) is 0.785. The van der Waals surface area contributed by atoms with E-state index < -0.39 is 5.69 Å². The molecule has 0 bridgehead atoms. The Hall–Kier alpha value is -2.47. The van der Waals surface area contributed by atoms with Gasteiger partial charge in [0.05, 0.1) is 10.4 Å². The summed E-state index contributed by atoms with van der Waals surface area (Å²) in [7, 11) is 1.71. The molecule has 3 rings (SSSR count). The molecule has 21 heavy (non-hydrogen) atoms. The maximum absolute atomic E-state index is 12.4. The number of aryl methyl sites for hydroxylation is 1. The Labute approximate surface area is 125 Å². The Morgan fingerprint density at radius 3 is 2.76 bits per heavy atom. The highest BCUT2D eigenvalue weighted by Crippen LogP contribution is 2.23. The molecule has 0 aromatic carbocycles. The summed E-state index contributed by atoms with van der Waals surface area (Å²) in [6, 6.07) is 7.10. The summed E-state index contributed by atoms with van der Waals surface area (Å²) in [5, 5.41) is 4.00. The van der Waals surface area contributed by atoms with E-state index in [0.29, 0.717) is 22.3 Å². The average molecular weight is 302 g/mol. The van der Waals surface area contributed by atoms with Gasteiger partial charge in [-0.15, -0.1) is 0 Å². The second-order valence-electron chi connectivity index (χ2n) is 4.46. The highest BCUT2D eigenvalue weighted by atomic mass is 35.5. The normalized spacial score (nSPS) is 10.8. The van der Waals surface area contributed by atoms with Crippen LogP contribution in [0.15, 0.2) is 35.3 Å². The number of pyridine rings is 2. The van der Waals surface area contributed by atoms with Gasteiger partial charge in [0.25, 0.3) is 0 Å². The number of halogens is 1. The molecule has 0 atom stereocenters. The SMILES string of the molecule is CNc1nc(=O)n(-c2ncccc2Cl)c2nc(C)ccc12. The third-order valence-electron chi connectivity index (χ3n) is 3.07. The van der Waals surface area contributed by atoms with E-state index in [1.165, 1.54) is 4.57 Å². The number of rotatable bonds is 2. The number of aromatic nitrogens is 4. The van der Waals surface area contributed by atoms with Crippen molar-refractivity contribution >= 4 is 28.5 Å². The Bertz CT molecular complexity index is 890. The number of anilines is 1.